The molecule has 0 aliphatic heterocycles. The van der Waals surface area contributed by atoms with Gasteiger partial charge in [0.25, 0.3) is 0 Å². The Morgan fingerprint density at radius 1 is 1.44 bits per heavy atom. The molecule has 0 bridgehead atoms. The fourth-order valence-electron chi connectivity index (χ4n) is 1.20. The third kappa shape index (κ3) is 3.35. The lowest BCUT2D eigenvalue weighted by molar-refractivity contribution is -0.117. The average molecular weight is 266 g/mol. The molecule has 0 radical (unpaired) electrons. The number of hydrogen-bond acceptors (Lipinski definition) is 6. The van der Waals surface area contributed by atoms with Gasteiger partial charge >= 0.3 is 0 Å². The normalized spacial score (nSPS) is 10.1. The third-order valence-corrected chi connectivity index (χ3v) is 2.52. The molecule has 2 heterocycles. The van der Waals surface area contributed by atoms with E-state index in [0.29, 0.717) is 10.9 Å². The fraction of sp³-hybridized carbons (Fsp3) is 0.222. The second kappa shape index (κ2) is 5.36. The van der Waals surface area contributed by atoms with Gasteiger partial charge in [0.2, 0.25) is 11.8 Å². The van der Waals surface area contributed by atoms with Crippen molar-refractivity contribution in [2.45, 2.75) is 13.5 Å². The van der Waals surface area contributed by atoms with Crippen LogP contribution in [-0.4, -0.2) is 31.8 Å². The van der Waals surface area contributed by atoms with Gasteiger partial charge in [-0.3, -0.25) is 9.59 Å². The van der Waals surface area contributed by atoms with Crippen molar-refractivity contribution in [2.75, 3.05) is 10.6 Å². The van der Waals surface area contributed by atoms with Crippen LogP contribution in [0.25, 0.3) is 0 Å². The molecule has 0 fully saturated rings. The molecule has 2 aromatic heterocycles. The Morgan fingerprint density at radius 2 is 2.28 bits per heavy atom. The Morgan fingerprint density at radius 3 is 2.94 bits per heavy atom. The highest BCUT2D eigenvalue weighted by atomic mass is 32.1. The maximum Gasteiger partial charge on any atom is 0.247 e. The highest BCUT2D eigenvalue weighted by Gasteiger charge is 2.08. The molecule has 2 N–H and O–H groups in total. The molecule has 0 atom stereocenters. The van der Waals surface area contributed by atoms with Crippen LogP contribution in [0.2, 0.25) is 0 Å². The number of aromatic nitrogens is 4. The monoisotopic (exact) mass is 266 g/mol. The van der Waals surface area contributed by atoms with Crippen molar-refractivity contribution < 1.29 is 9.59 Å². The summed E-state index contributed by atoms with van der Waals surface area (Å²) in [5.41, 5.74) is 0. The Balaban J connectivity index is 1.91. The zero-order valence-electron chi connectivity index (χ0n) is 9.45. The van der Waals surface area contributed by atoms with Crippen molar-refractivity contribution in [2.24, 2.45) is 0 Å². The summed E-state index contributed by atoms with van der Waals surface area (Å²) in [7, 11) is 0. The lowest BCUT2D eigenvalue weighted by Gasteiger charge is -2.00. The number of hydrogen-bond donors (Lipinski definition) is 2. The van der Waals surface area contributed by atoms with E-state index in [1.54, 1.807) is 11.6 Å². The van der Waals surface area contributed by atoms with Crippen LogP contribution in [0.3, 0.4) is 0 Å². The minimum atomic E-state index is -0.260. The summed E-state index contributed by atoms with van der Waals surface area (Å²) in [6.45, 7) is 1.38. The molecular weight excluding hydrogens is 256 g/mol. The molecule has 94 valence electrons. The predicted octanol–water partition coefficient (Wildman–Crippen LogP) is 0.332. The SMILES string of the molecule is CC(=O)Nc1cn(CC(=O)Nc2nccs2)nn1. The molecule has 2 amide bonds. The second-order valence-electron chi connectivity index (χ2n) is 3.37. The van der Waals surface area contributed by atoms with Gasteiger partial charge in [0.05, 0.1) is 6.20 Å². The Hall–Kier alpha value is -2.29. The number of anilines is 2. The molecule has 9 heteroatoms. The van der Waals surface area contributed by atoms with E-state index in [1.807, 2.05) is 0 Å². The van der Waals surface area contributed by atoms with Crippen LogP contribution in [-0.2, 0) is 16.1 Å². The summed E-state index contributed by atoms with van der Waals surface area (Å²) in [6.07, 6.45) is 3.08. The molecule has 0 spiro atoms. The minimum absolute atomic E-state index is 0.00612. The summed E-state index contributed by atoms with van der Waals surface area (Å²) in [6, 6.07) is 0. The van der Waals surface area contributed by atoms with Crippen LogP contribution < -0.4 is 10.6 Å². The van der Waals surface area contributed by atoms with Gasteiger partial charge in [0.1, 0.15) is 6.54 Å². The van der Waals surface area contributed by atoms with Gasteiger partial charge in [0.15, 0.2) is 10.9 Å². The number of carbonyl (C=O) groups excluding carboxylic acids is 2. The fourth-order valence-corrected chi connectivity index (χ4v) is 1.75. The Bertz CT molecular complexity index is 549. The standard InChI is InChI=1S/C9H10N6O2S/c1-6(16)11-7-4-15(14-13-7)5-8(17)12-9-10-2-3-18-9/h2-4H,5H2,1H3,(H,11,16)(H,10,12,17). The highest BCUT2D eigenvalue weighted by molar-refractivity contribution is 7.13. The number of nitrogens with zero attached hydrogens (tertiary/aromatic N) is 4. The molecular formula is C9H10N6O2S. The first-order chi connectivity index (χ1) is 8.63. The number of thiazole rings is 1. The summed E-state index contributed by atoms with van der Waals surface area (Å²) >= 11 is 1.33. The van der Waals surface area contributed by atoms with Crippen LogP contribution in [0.5, 0.6) is 0 Å². The third-order valence-electron chi connectivity index (χ3n) is 1.83. The smallest absolute Gasteiger partial charge is 0.247 e. The van der Waals surface area contributed by atoms with E-state index in [9.17, 15) is 9.59 Å². The van der Waals surface area contributed by atoms with Crippen LogP contribution in [0.1, 0.15) is 6.92 Å². The molecule has 2 rings (SSSR count). The predicted molar refractivity (Wildman–Crippen MR) is 65.1 cm³/mol. The van der Waals surface area contributed by atoms with E-state index in [2.05, 4.69) is 25.9 Å². The van der Waals surface area contributed by atoms with Crippen molar-refractivity contribution in [3.05, 3.63) is 17.8 Å². The van der Waals surface area contributed by atoms with Crippen LogP contribution >= 0.6 is 11.3 Å². The van der Waals surface area contributed by atoms with Crippen molar-refractivity contribution in [3.8, 4) is 0 Å². The van der Waals surface area contributed by atoms with Gasteiger partial charge in [-0.25, -0.2) is 9.67 Å². The summed E-state index contributed by atoms with van der Waals surface area (Å²) in [5, 5.41) is 14.8. The first-order valence-electron chi connectivity index (χ1n) is 5.00. The molecule has 0 aromatic carbocycles. The first-order valence-corrected chi connectivity index (χ1v) is 5.88. The summed E-state index contributed by atoms with van der Waals surface area (Å²) < 4.78 is 1.33. The topological polar surface area (TPSA) is 102 Å². The van der Waals surface area contributed by atoms with Crippen LogP contribution in [0.4, 0.5) is 10.9 Å². The number of rotatable bonds is 4. The molecule has 0 aliphatic carbocycles. The van der Waals surface area contributed by atoms with Crippen LogP contribution in [0.15, 0.2) is 17.8 Å². The van der Waals surface area contributed by atoms with Crippen molar-refractivity contribution in [1.29, 1.82) is 0 Å². The van der Waals surface area contributed by atoms with Gasteiger partial charge < -0.3 is 10.6 Å². The second-order valence-corrected chi connectivity index (χ2v) is 4.26. The van der Waals surface area contributed by atoms with Crippen molar-refractivity contribution >= 4 is 34.1 Å². The molecule has 0 aliphatic rings. The molecule has 18 heavy (non-hydrogen) atoms. The highest BCUT2D eigenvalue weighted by Crippen LogP contribution is 2.10. The zero-order chi connectivity index (χ0) is 13.0. The van der Waals surface area contributed by atoms with Gasteiger partial charge in [0, 0.05) is 18.5 Å². The van der Waals surface area contributed by atoms with Crippen molar-refractivity contribution in [1.82, 2.24) is 20.0 Å². The first kappa shape index (κ1) is 12.2. The zero-order valence-corrected chi connectivity index (χ0v) is 10.3. The van der Waals surface area contributed by atoms with Gasteiger partial charge in [-0.15, -0.1) is 16.4 Å². The molecule has 0 saturated heterocycles. The number of carbonyl (C=O) groups is 2. The summed E-state index contributed by atoms with van der Waals surface area (Å²) in [4.78, 5) is 26.3. The van der Waals surface area contributed by atoms with Gasteiger partial charge in [-0.1, -0.05) is 5.21 Å². The van der Waals surface area contributed by atoms with E-state index in [4.69, 9.17) is 0 Å². The minimum Gasteiger partial charge on any atom is -0.308 e. The Kier molecular flexibility index (Phi) is 3.63. The quantitative estimate of drug-likeness (QED) is 0.830. The largest absolute Gasteiger partial charge is 0.308 e. The average Bonchev–Trinajstić information content (AvgIpc) is 2.89. The molecule has 0 saturated carbocycles. The van der Waals surface area contributed by atoms with E-state index in [1.165, 1.54) is 29.1 Å². The number of nitrogens with one attached hydrogen (secondary N) is 2. The van der Waals surface area contributed by atoms with Crippen LogP contribution in [0, 0.1) is 0 Å². The van der Waals surface area contributed by atoms with E-state index in [0.717, 1.165) is 0 Å². The van der Waals surface area contributed by atoms with E-state index >= 15 is 0 Å². The lowest BCUT2D eigenvalue weighted by atomic mass is 10.6. The van der Waals surface area contributed by atoms with E-state index < -0.39 is 0 Å². The molecule has 8 nitrogen and oxygen atoms in total. The molecule has 0 unspecified atom stereocenters. The van der Waals surface area contributed by atoms with Gasteiger partial charge in [-0.2, -0.15) is 0 Å². The molecule has 2 aromatic rings. The maximum absolute atomic E-state index is 11.6. The lowest BCUT2D eigenvalue weighted by Crippen LogP contribution is -2.19. The van der Waals surface area contributed by atoms with E-state index in [-0.39, 0.29) is 18.4 Å². The maximum atomic E-state index is 11.6. The van der Waals surface area contributed by atoms with Crippen molar-refractivity contribution in [3.63, 3.8) is 0 Å². The number of amides is 2. The van der Waals surface area contributed by atoms with Gasteiger partial charge in [-0.05, 0) is 0 Å². The Labute approximate surface area is 106 Å². The summed E-state index contributed by atoms with van der Waals surface area (Å²) in [5.74, 6) is -0.192.